The highest BCUT2D eigenvalue weighted by atomic mass is 32.2. The third-order valence-electron chi connectivity index (χ3n) is 4.04. The summed E-state index contributed by atoms with van der Waals surface area (Å²) in [5, 5.41) is 0. The molecule has 2 heterocycles. The molecule has 1 amide bonds. The van der Waals surface area contributed by atoms with Crippen LogP contribution in [-0.4, -0.2) is 24.7 Å². The summed E-state index contributed by atoms with van der Waals surface area (Å²) in [5.74, 6) is -0.243. The molecule has 7 nitrogen and oxygen atoms in total. The molecular formula is C17H16F3N5O2S. The zero-order chi connectivity index (χ0) is 20.5. The summed E-state index contributed by atoms with van der Waals surface area (Å²) in [6, 6.07) is 6.17. The number of pyridine rings is 1. The number of imidazole rings is 1. The first-order valence-electron chi connectivity index (χ1n) is 8.18. The lowest BCUT2D eigenvalue weighted by Gasteiger charge is -2.09. The molecule has 0 saturated carbocycles. The first-order valence-corrected chi connectivity index (χ1v) is 9.33. The number of carbonyl (C=O) groups excluding carboxylic acids is 1. The Hall–Kier alpha value is -2.79. The van der Waals surface area contributed by atoms with Crippen LogP contribution < -0.4 is 10.5 Å². The minimum atomic E-state index is -4.44. The summed E-state index contributed by atoms with van der Waals surface area (Å²) in [7, 11) is -1.65. The van der Waals surface area contributed by atoms with Crippen LogP contribution in [0.2, 0.25) is 0 Å². The summed E-state index contributed by atoms with van der Waals surface area (Å²) in [6.45, 7) is 2.25. The predicted octanol–water partition coefficient (Wildman–Crippen LogP) is 2.38. The van der Waals surface area contributed by atoms with Gasteiger partial charge in [0.05, 0.1) is 28.0 Å². The van der Waals surface area contributed by atoms with Gasteiger partial charge in [0.2, 0.25) is 0 Å². The summed E-state index contributed by atoms with van der Waals surface area (Å²) in [5.41, 5.74) is 5.18. The number of alkyl halides is 3. The number of aryl methyl sites for hydroxylation is 1. The zero-order valence-corrected chi connectivity index (χ0v) is 15.5. The van der Waals surface area contributed by atoms with Crippen molar-refractivity contribution in [1.82, 2.24) is 19.3 Å². The van der Waals surface area contributed by atoms with Crippen molar-refractivity contribution in [2.45, 2.75) is 31.1 Å². The van der Waals surface area contributed by atoms with Gasteiger partial charge in [-0.15, -0.1) is 0 Å². The Kier molecular flexibility index (Phi) is 5.47. The van der Waals surface area contributed by atoms with Crippen LogP contribution in [0.4, 0.5) is 13.2 Å². The van der Waals surface area contributed by atoms with Crippen molar-refractivity contribution < 1.29 is 22.2 Å². The van der Waals surface area contributed by atoms with Crippen LogP contribution in [0.3, 0.4) is 0 Å². The minimum absolute atomic E-state index is 0.0500. The molecule has 2 aromatic heterocycles. The van der Waals surface area contributed by atoms with E-state index in [4.69, 9.17) is 5.73 Å². The Balaban J connectivity index is 1.81. The van der Waals surface area contributed by atoms with Crippen LogP contribution in [0, 0.1) is 0 Å². The van der Waals surface area contributed by atoms with E-state index in [0.29, 0.717) is 28.3 Å². The van der Waals surface area contributed by atoms with Crippen LogP contribution in [0.1, 0.15) is 28.8 Å². The van der Waals surface area contributed by atoms with E-state index in [1.54, 1.807) is 11.5 Å². The third-order valence-corrected chi connectivity index (χ3v) is 5.11. The van der Waals surface area contributed by atoms with Gasteiger partial charge in [-0.1, -0.05) is 0 Å². The second kappa shape index (κ2) is 7.68. The van der Waals surface area contributed by atoms with E-state index in [9.17, 15) is 22.2 Å². The van der Waals surface area contributed by atoms with Crippen LogP contribution in [0.5, 0.6) is 0 Å². The number of benzene rings is 1. The average molecular weight is 411 g/mol. The van der Waals surface area contributed by atoms with Crippen LogP contribution >= 0.6 is 0 Å². The van der Waals surface area contributed by atoms with Gasteiger partial charge in [0.25, 0.3) is 5.91 Å². The molecule has 3 N–H and O–H groups in total. The lowest BCUT2D eigenvalue weighted by Crippen LogP contribution is -2.20. The largest absolute Gasteiger partial charge is 0.416 e. The van der Waals surface area contributed by atoms with Crippen molar-refractivity contribution in [3.8, 4) is 0 Å². The summed E-state index contributed by atoms with van der Waals surface area (Å²) in [4.78, 5) is 19.5. The highest BCUT2D eigenvalue weighted by molar-refractivity contribution is 7.83. The van der Waals surface area contributed by atoms with E-state index < -0.39 is 28.6 Å². The number of aromatic nitrogens is 3. The maximum absolute atomic E-state index is 13.0. The summed E-state index contributed by atoms with van der Waals surface area (Å²) >= 11 is 0. The highest BCUT2D eigenvalue weighted by Crippen LogP contribution is 2.31. The number of rotatable bonds is 6. The molecular weight excluding hydrogens is 395 g/mol. The van der Waals surface area contributed by atoms with Gasteiger partial charge in [0.15, 0.2) is 0 Å². The zero-order valence-electron chi connectivity index (χ0n) is 14.7. The predicted molar refractivity (Wildman–Crippen MR) is 96.4 cm³/mol. The highest BCUT2D eigenvalue weighted by Gasteiger charge is 2.31. The standard InChI is InChI=1S/C17H16F3N5O2S/c1-2-25-14-7-10(17(18,19)20)3-5-12(14)24-15(25)9-23-28(27)11-4-6-13(16(21)26)22-8-11/h3-8,23H,2,9H2,1H3,(H2,21,26). The molecule has 0 radical (unpaired) electrons. The smallest absolute Gasteiger partial charge is 0.364 e. The molecule has 0 saturated heterocycles. The summed E-state index contributed by atoms with van der Waals surface area (Å²) in [6.07, 6.45) is -3.18. The van der Waals surface area contributed by atoms with Crippen molar-refractivity contribution in [3.05, 3.63) is 53.6 Å². The number of primary amides is 1. The third kappa shape index (κ3) is 4.04. The number of hydrogen-bond acceptors (Lipinski definition) is 4. The van der Waals surface area contributed by atoms with Gasteiger partial charge in [-0.2, -0.15) is 13.2 Å². The maximum atomic E-state index is 13.0. The molecule has 1 atom stereocenters. The van der Waals surface area contributed by atoms with Gasteiger partial charge in [-0.3, -0.25) is 4.79 Å². The quantitative estimate of drug-likeness (QED) is 0.650. The summed E-state index contributed by atoms with van der Waals surface area (Å²) < 4.78 is 55.6. The number of fused-ring (bicyclic) bond motifs is 1. The Labute approximate surface area is 160 Å². The van der Waals surface area contributed by atoms with E-state index in [2.05, 4.69) is 14.7 Å². The number of amides is 1. The monoisotopic (exact) mass is 411 g/mol. The molecule has 0 aliphatic heterocycles. The molecule has 3 aromatic rings. The van der Waals surface area contributed by atoms with E-state index in [1.807, 2.05) is 0 Å². The van der Waals surface area contributed by atoms with Gasteiger partial charge >= 0.3 is 6.18 Å². The van der Waals surface area contributed by atoms with Gasteiger partial charge in [0.1, 0.15) is 22.5 Å². The maximum Gasteiger partial charge on any atom is 0.416 e. The Morgan fingerprint density at radius 1 is 1.29 bits per heavy atom. The van der Waals surface area contributed by atoms with Gasteiger partial charge in [0, 0.05) is 12.7 Å². The van der Waals surface area contributed by atoms with Crippen LogP contribution in [0.15, 0.2) is 41.4 Å². The van der Waals surface area contributed by atoms with Crippen molar-refractivity contribution in [2.75, 3.05) is 0 Å². The Morgan fingerprint density at radius 3 is 2.61 bits per heavy atom. The van der Waals surface area contributed by atoms with E-state index >= 15 is 0 Å². The van der Waals surface area contributed by atoms with E-state index in [0.717, 1.165) is 12.1 Å². The number of nitrogens with zero attached hydrogens (tertiary/aromatic N) is 3. The van der Waals surface area contributed by atoms with Gasteiger partial charge in [-0.25, -0.2) is 18.9 Å². The Morgan fingerprint density at radius 2 is 2.04 bits per heavy atom. The molecule has 0 bridgehead atoms. The molecule has 28 heavy (non-hydrogen) atoms. The van der Waals surface area contributed by atoms with Crippen LogP contribution in [-0.2, 0) is 30.3 Å². The second-order valence-electron chi connectivity index (χ2n) is 5.81. The first-order chi connectivity index (χ1) is 13.2. The molecule has 0 spiro atoms. The second-order valence-corrected chi connectivity index (χ2v) is 7.10. The molecule has 0 aliphatic carbocycles. The number of nitrogens with one attached hydrogen (secondary N) is 1. The van der Waals surface area contributed by atoms with Crippen molar-refractivity contribution >= 4 is 27.9 Å². The fourth-order valence-electron chi connectivity index (χ4n) is 2.69. The molecule has 11 heteroatoms. The molecule has 3 rings (SSSR count). The number of halogens is 3. The molecule has 148 valence electrons. The fourth-order valence-corrected chi connectivity index (χ4v) is 3.45. The van der Waals surface area contributed by atoms with Crippen molar-refractivity contribution in [2.24, 2.45) is 5.73 Å². The van der Waals surface area contributed by atoms with Crippen LogP contribution in [0.25, 0.3) is 11.0 Å². The lowest BCUT2D eigenvalue weighted by atomic mass is 10.2. The molecule has 1 aromatic carbocycles. The number of carbonyl (C=O) groups is 1. The molecule has 0 aliphatic rings. The average Bonchev–Trinajstić information content (AvgIpc) is 3.02. The van der Waals surface area contributed by atoms with Gasteiger partial charge < -0.3 is 10.3 Å². The minimum Gasteiger partial charge on any atom is -0.364 e. The number of hydrogen-bond donors (Lipinski definition) is 2. The van der Waals surface area contributed by atoms with Crippen molar-refractivity contribution in [3.63, 3.8) is 0 Å². The van der Waals surface area contributed by atoms with Gasteiger partial charge in [-0.05, 0) is 37.3 Å². The Bertz CT molecular complexity index is 1050. The number of nitrogens with two attached hydrogens (primary N) is 1. The lowest BCUT2D eigenvalue weighted by molar-refractivity contribution is -0.137. The molecule has 1 unspecified atom stereocenters. The topological polar surface area (TPSA) is 103 Å². The van der Waals surface area contributed by atoms with Crippen molar-refractivity contribution in [1.29, 1.82) is 0 Å². The van der Waals surface area contributed by atoms with E-state index in [-0.39, 0.29) is 12.2 Å². The normalized spacial score (nSPS) is 13.0. The van der Waals surface area contributed by atoms with E-state index in [1.165, 1.54) is 24.4 Å². The fraction of sp³-hybridized carbons (Fsp3) is 0.235. The SMILES string of the molecule is CCn1c(CNS(=O)c2ccc(C(N)=O)nc2)nc2ccc(C(F)(F)F)cc21. The first kappa shape index (κ1) is 20.0. The molecule has 0 fully saturated rings.